The van der Waals surface area contributed by atoms with E-state index in [4.69, 9.17) is 15.5 Å². The van der Waals surface area contributed by atoms with Gasteiger partial charge in [-0.1, -0.05) is 24.3 Å². The van der Waals surface area contributed by atoms with Gasteiger partial charge in [-0.25, -0.2) is 4.98 Å². The van der Waals surface area contributed by atoms with Crippen LogP contribution in [0.2, 0.25) is 0 Å². The Morgan fingerprint density at radius 2 is 1.64 bits per heavy atom. The van der Waals surface area contributed by atoms with Crippen LogP contribution in [0.3, 0.4) is 0 Å². The standard InChI is InChI=1S/C37H34N6O4/c1-40-34-6-4-3-5-29(34)32-22-33(39-35(36(32)40)25-8-14-28(47-2)15-9-25)31-21-24(7-16-30(31)37(38)44)23-41-17-19-42(20-18-41)26-10-12-27(13-11-26)43(45)46/h3-16,21-22H,17-20,23H2,1-2H3,(H2,38,44). The molecule has 2 N–H and O–H groups in total. The molecule has 3 heterocycles. The van der Waals surface area contributed by atoms with Gasteiger partial charge in [0, 0.05) is 90.6 Å². The van der Waals surface area contributed by atoms with Crippen molar-refractivity contribution in [1.29, 1.82) is 0 Å². The third kappa shape index (κ3) is 5.64. The molecule has 1 saturated heterocycles. The number of fused-ring (bicyclic) bond motifs is 3. The molecule has 0 spiro atoms. The van der Waals surface area contributed by atoms with E-state index < -0.39 is 5.91 Å². The second-order valence-corrected chi connectivity index (χ2v) is 11.8. The first-order valence-electron chi connectivity index (χ1n) is 15.5. The van der Waals surface area contributed by atoms with Crippen molar-refractivity contribution in [3.05, 3.63) is 118 Å². The number of para-hydroxylation sites is 1. The molecule has 1 fully saturated rings. The van der Waals surface area contributed by atoms with Gasteiger partial charge in [0.2, 0.25) is 5.91 Å². The zero-order chi connectivity index (χ0) is 32.7. The minimum Gasteiger partial charge on any atom is -0.497 e. The predicted molar refractivity (Wildman–Crippen MR) is 185 cm³/mol. The van der Waals surface area contributed by atoms with E-state index in [0.29, 0.717) is 23.4 Å². The van der Waals surface area contributed by atoms with E-state index in [0.717, 1.165) is 76.2 Å². The number of hydrogen-bond donors (Lipinski definition) is 1. The number of benzene rings is 4. The first-order valence-corrected chi connectivity index (χ1v) is 15.5. The number of hydrogen-bond acceptors (Lipinski definition) is 7. The molecule has 0 radical (unpaired) electrons. The van der Waals surface area contributed by atoms with Crippen LogP contribution in [0.4, 0.5) is 11.4 Å². The average molecular weight is 627 g/mol. The summed E-state index contributed by atoms with van der Waals surface area (Å²) in [6.45, 7) is 3.95. The third-order valence-electron chi connectivity index (χ3n) is 9.08. The normalized spacial score (nSPS) is 13.7. The van der Waals surface area contributed by atoms with Crippen molar-refractivity contribution >= 4 is 39.1 Å². The van der Waals surface area contributed by atoms with Gasteiger partial charge in [-0.3, -0.25) is 19.8 Å². The highest BCUT2D eigenvalue weighted by Crippen LogP contribution is 2.38. The highest BCUT2D eigenvalue weighted by atomic mass is 16.6. The first kappa shape index (κ1) is 29.9. The minimum atomic E-state index is -0.505. The summed E-state index contributed by atoms with van der Waals surface area (Å²) in [4.78, 5) is 33.2. The quantitative estimate of drug-likeness (QED) is 0.153. The topological polar surface area (TPSA) is 120 Å². The molecule has 1 amide bonds. The van der Waals surface area contributed by atoms with Gasteiger partial charge in [0.1, 0.15) is 5.75 Å². The Morgan fingerprint density at radius 1 is 0.915 bits per heavy atom. The zero-order valence-electron chi connectivity index (χ0n) is 26.2. The molecule has 1 aliphatic heterocycles. The summed E-state index contributed by atoms with van der Waals surface area (Å²) < 4.78 is 7.58. The van der Waals surface area contributed by atoms with Gasteiger partial charge in [-0.15, -0.1) is 0 Å². The molecule has 10 nitrogen and oxygen atoms in total. The van der Waals surface area contributed by atoms with Crippen LogP contribution in [-0.4, -0.2) is 58.6 Å². The van der Waals surface area contributed by atoms with Crippen LogP contribution in [0.5, 0.6) is 5.75 Å². The summed E-state index contributed by atoms with van der Waals surface area (Å²) in [6.07, 6.45) is 0. The smallest absolute Gasteiger partial charge is 0.269 e. The van der Waals surface area contributed by atoms with E-state index in [1.807, 2.05) is 66.7 Å². The lowest BCUT2D eigenvalue weighted by atomic mass is 9.97. The fourth-order valence-electron chi connectivity index (χ4n) is 6.61. The Hall–Kier alpha value is -5.74. The highest BCUT2D eigenvalue weighted by Gasteiger charge is 2.22. The van der Waals surface area contributed by atoms with E-state index >= 15 is 0 Å². The molecule has 1 aliphatic rings. The number of methoxy groups -OCH3 is 1. The molecule has 236 valence electrons. The van der Waals surface area contributed by atoms with Crippen molar-refractivity contribution in [3.8, 4) is 28.3 Å². The molecular weight excluding hydrogens is 592 g/mol. The number of non-ortho nitro benzene ring substituents is 1. The second kappa shape index (κ2) is 12.2. The molecule has 10 heteroatoms. The Balaban J connectivity index is 1.24. The number of carbonyl (C=O) groups is 1. The number of aromatic nitrogens is 2. The maximum absolute atomic E-state index is 12.8. The summed E-state index contributed by atoms with van der Waals surface area (Å²) in [5.41, 5.74) is 13.7. The van der Waals surface area contributed by atoms with Gasteiger partial charge in [0.25, 0.3) is 5.69 Å². The van der Waals surface area contributed by atoms with Gasteiger partial charge in [-0.2, -0.15) is 0 Å². The van der Waals surface area contributed by atoms with Gasteiger partial charge in [0.05, 0.1) is 28.9 Å². The van der Waals surface area contributed by atoms with Crippen LogP contribution < -0.4 is 15.4 Å². The average Bonchev–Trinajstić information content (AvgIpc) is 3.39. The van der Waals surface area contributed by atoms with E-state index in [9.17, 15) is 14.9 Å². The number of nitro benzene ring substituents is 1. The van der Waals surface area contributed by atoms with Crippen LogP contribution in [0.25, 0.3) is 44.3 Å². The van der Waals surface area contributed by atoms with Gasteiger partial charge in [-0.05, 0) is 66.2 Å². The molecular formula is C37H34N6O4. The van der Waals surface area contributed by atoms with Crippen molar-refractivity contribution in [2.24, 2.45) is 12.8 Å². The van der Waals surface area contributed by atoms with Crippen molar-refractivity contribution in [1.82, 2.24) is 14.5 Å². The van der Waals surface area contributed by atoms with Gasteiger partial charge < -0.3 is 19.9 Å². The van der Waals surface area contributed by atoms with Crippen LogP contribution in [0.15, 0.2) is 97.1 Å². The number of nitrogens with zero attached hydrogens (tertiary/aromatic N) is 5. The lowest BCUT2D eigenvalue weighted by Crippen LogP contribution is -2.45. The number of nitro groups is 1. The summed E-state index contributed by atoms with van der Waals surface area (Å²) in [5.74, 6) is 0.254. The van der Waals surface area contributed by atoms with Crippen molar-refractivity contribution in [2.45, 2.75) is 6.54 Å². The number of primary amides is 1. The van der Waals surface area contributed by atoms with Crippen LogP contribution in [0.1, 0.15) is 15.9 Å². The molecule has 0 saturated carbocycles. The molecule has 7 rings (SSSR count). The number of anilines is 1. The van der Waals surface area contributed by atoms with Crippen LogP contribution >= 0.6 is 0 Å². The fourth-order valence-corrected chi connectivity index (χ4v) is 6.61. The molecule has 0 bridgehead atoms. The monoisotopic (exact) mass is 626 g/mol. The summed E-state index contributed by atoms with van der Waals surface area (Å²) in [6, 6.07) is 30.7. The van der Waals surface area contributed by atoms with Crippen molar-refractivity contribution in [3.63, 3.8) is 0 Å². The Kier molecular flexibility index (Phi) is 7.79. The van der Waals surface area contributed by atoms with E-state index in [1.54, 1.807) is 19.2 Å². The highest BCUT2D eigenvalue weighted by molar-refractivity contribution is 6.13. The maximum Gasteiger partial charge on any atom is 0.269 e. The van der Waals surface area contributed by atoms with Crippen LogP contribution in [-0.2, 0) is 13.6 Å². The number of carbonyl (C=O) groups excluding carboxylic acids is 1. The number of ether oxygens (including phenoxy) is 1. The number of nitrogens with two attached hydrogens (primary N) is 1. The molecule has 47 heavy (non-hydrogen) atoms. The Labute approximate surface area is 271 Å². The molecule has 2 aromatic heterocycles. The van der Waals surface area contributed by atoms with E-state index in [1.165, 1.54) is 0 Å². The summed E-state index contributed by atoms with van der Waals surface area (Å²) in [7, 11) is 3.70. The second-order valence-electron chi connectivity index (χ2n) is 11.8. The number of rotatable bonds is 8. The summed E-state index contributed by atoms with van der Waals surface area (Å²) in [5, 5.41) is 13.2. The van der Waals surface area contributed by atoms with E-state index in [2.05, 4.69) is 39.6 Å². The van der Waals surface area contributed by atoms with Gasteiger partial charge >= 0.3 is 0 Å². The summed E-state index contributed by atoms with van der Waals surface area (Å²) >= 11 is 0. The first-order chi connectivity index (χ1) is 22.8. The number of aryl methyl sites for hydroxylation is 1. The fraction of sp³-hybridized carbons (Fsp3) is 0.189. The Bertz CT molecular complexity index is 2130. The molecule has 0 unspecified atom stereocenters. The zero-order valence-corrected chi connectivity index (χ0v) is 26.2. The largest absolute Gasteiger partial charge is 0.497 e. The van der Waals surface area contributed by atoms with Crippen molar-refractivity contribution in [2.75, 3.05) is 38.2 Å². The molecule has 4 aromatic carbocycles. The Morgan fingerprint density at radius 3 is 2.32 bits per heavy atom. The molecule has 0 aliphatic carbocycles. The number of piperazine rings is 1. The number of amides is 1. The number of pyridine rings is 1. The van der Waals surface area contributed by atoms with Crippen molar-refractivity contribution < 1.29 is 14.5 Å². The SMILES string of the molecule is COc1ccc(-c2nc(-c3cc(CN4CCN(c5ccc([N+](=O)[O-])cc5)CC4)ccc3C(N)=O)cc3c4ccccc4n(C)c23)cc1. The van der Waals surface area contributed by atoms with Gasteiger partial charge in [0.15, 0.2) is 0 Å². The maximum atomic E-state index is 12.8. The molecule has 0 atom stereocenters. The lowest BCUT2D eigenvalue weighted by molar-refractivity contribution is -0.384. The predicted octanol–water partition coefficient (Wildman–Crippen LogP) is 6.40. The van der Waals surface area contributed by atoms with Crippen LogP contribution in [0, 0.1) is 10.1 Å². The minimum absolute atomic E-state index is 0.0906. The van der Waals surface area contributed by atoms with E-state index in [-0.39, 0.29) is 10.6 Å². The third-order valence-corrected chi connectivity index (χ3v) is 9.08. The molecule has 6 aromatic rings. The lowest BCUT2D eigenvalue weighted by Gasteiger charge is -2.36.